The Labute approximate surface area is 130 Å². The van der Waals surface area contributed by atoms with Gasteiger partial charge in [0.1, 0.15) is 0 Å². The summed E-state index contributed by atoms with van der Waals surface area (Å²) in [6.07, 6.45) is 3.37. The van der Waals surface area contributed by atoms with Crippen LogP contribution in [0.1, 0.15) is 21.5 Å². The highest BCUT2D eigenvalue weighted by Crippen LogP contribution is 2.25. The van der Waals surface area contributed by atoms with Crippen molar-refractivity contribution in [1.82, 2.24) is 9.71 Å². The highest BCUT2D eigenvalue weighted by atomic mass is 79.9. The minimum atomic E-state index is -3.79. The van der Waals surface area contributed by atoms with Crippen LogP contribution < -0.4 is 4.72 Å². The van der Waals surface area contributed by atoms with Crippen molar-refractivity contribution in [3.05, 3.63) is 51.8 Å². The molecule has 0 amide bonds. The second-order valence-corrected chi connectivity index (χ2v) is 7.05. The summed E-state index contributed by atoms with van der Waals surface area (Å²) in [6, 6.07) is 4.29. The van der Waals surface area contributed by atoms with Crippen LogP contribution in [0, 0.1) is 6.92 Å². The van der Waals surface area contributed by atoms with Gasteiger partial charge in [-0.3, -0.25) is 0 Å². The Morgan fingerprint density at radius 2 is 2.14 bits per heavy atom. The molecule has 0 aliphatic carbocycles. The summed E-state index contributed by atoms with van der Waals surface area (Å²) in [4.78, 5) is 13.9. The highest BCUT2D eigenvalue weighted by molar-refractivity contribution is 9.10. The first-order valence-corrected chi connectivity index (χ1v) is 8.23. The summed E-state index contributed by atoms with van der Waals surface area (Å²) in [5.41, 5.74) is 1.21. The third kappa shape index (κ3) is 3.52. The summed E-state index contributed by atoms with van der Waals surface area (Å²) in [5.74, 6) is -1.17. The summed E-state index contributed by atoms with van der Waals surface area (Å²) in [5, 5.41) is 9.12. The third-order valence-corrected chi connectivity index (χ3v) is 5.19. The Morgan fingerprint density at radius 3 is 2.71 bits per heavy atom. The van der Waals surface area contributed by atoms with E-state index >= 15 is 0 Å². The van der Waals surface area contributed by atoms with Gasteiger partial charge in [-0.05, 0) is 36.2 Å². The number of hydrogen-bond acceptors (Lipinski definition) is 3. The smallest absolute Gasteiger partial charge is 0.336 e. The van der Waals surface area contributed by atoms with Gasteiger partial charge in [-0.15, -0.1) is 0 Å². The van der Waals surface area contributed by atoms with Gasteiger partial charge in [-0.25, -0.2) is 17.9 Å². The van der Waals surface area contributed by atoms with Crippen LogP contribution >= 0.6 is 15.9 Å². The van der Waals surface area contributed by atoms with E-state index in [9.17, 15) is 13.2 Å². The van der Waals surface area contributed by atoms with Gasteiger partial charge in [0.15, 0.2) is 0 Å². The minimum Gasteiger partial charge on any atom is -0.478 e. The Bertz CT molecular complexity index is 770. The van der Waals surface area contributed by atoms with Gasteiger partial charge in [0.05, 0.1) is 10.5 Å². The summed E-state index contributed by atoms with van der Waals surface area (Å²) in [6.45, 7) is 1.73. The number of aromatic amines is 1. The molecule has 8 heteroatoms. The molecule has 0 radical (unpaired) electrons. The molecule has 2 rings (SSSR count). The van der Waals surface area contributed by atoms with Crippen LogP contribution in [0.5, 0.6) is 0 Å². The summed E-state index contributed by atoms with van der Waals surface area (Å²) < 4.78 is 27.3. The number of carboxylic acids is 1. The molecule has 0 unspecified atom stereocenters. The number of aromatic nitrogens is 1. The molecule has 2 aromatic rings. The van der Waals surface area contributed by atoms with E-state index in [1.54, 1.807) is 25.4 Å². The summed E-state index contributed by atoms with van der Waals surface area (Å²) >= 11 is 3.19. The van der Waals surface area contributed by atoms with Gasteiger partial charge >= 0.3 is 5.97 Å². The Balaban J connectivity index is 2.33. The molecule has 1 aromatic carbocycles. The Kier molecular flexibility index (Phi) is 4.50. The van der Waals surface area contributed by atoms with Crippen molar-refractivity contribution in [3.8, 4) is 0 Å². The van der Waals surface area contributed by atoms with Crippen molar-refractivity contribution in [2.45, 2.75) is 18.4 Å². The van der Waals surface area contributed by atoms with Gasteiger partial charge < -0.3 is 10.1 Å². The average molecular weight is 373 g/mol. The van der Waals surface area contributed by atoms with Crippen LogP contribution in [0.3, 0.4) is 0 Å². The maximum Gasteiger partial charge on any atom is 0.336 e. The quantitative estimate of drug-likeness (QED) is 0.749. The molecule has 1 aromatic heterocycles. The molecule has 112 valence electrons. The Morgan fingerprint density at radius 1 is 1.43 bits per heavy atom. The normalized spacial score (nSPS) is 11.5. The maximum absolute atomic E-state index is 12.2. The molecule has 0 spiro atoms. The van der Waals surface area contributed by atoms with Gasteiger partial charge in [0, 0.05) is 23.4 Å². The number of halogens is 1. The molecule has 0 atom stereocenters. The van der Waals surface area contributed by atoms with E-state index in [1.807, 2.05) is 0 Å². The van der Waals surface area contributed by atoms with Crippen LogP contribution in [0.2, 0.25) is 0 Å². The van der Waals surface area contributed by atoms with Gasteiger partial charge in [-0.2, -0.15) is 0 Å². The molecule has 1 heterocycles. The van der Waals surface area contributed by atoms with E-state index in [4.69, 9.17) is 5.11 Å². The second-order valence-electron chi connectivity index (χ2n) is 4.43. The molecule has 0 bridgehead atoms. The number of carbonyl (C=O) groups is 1. The van der Waals surface area contributed by atoms with Gasteiger partial charge in [0.25, 0.3) is 0 Å². The topological polar surface area (TPSA) is 99.3 Å². The first-order chi connectivity index (χ1) is 9.81. The molecule has 0 saturated carbocycles. The molecular formula is C13H13BrN2O4S. The first-order valence-electron chi connectivity index (χ1n) is 5.96. The predicted octanol–water partition coefficient (Wildman–Crippen LogP) is 2.26. The van der Waals surface area contributed by atoms with Crippen molar-refractivity contribution in [1.29, 1.82) is 0 Å². The molecule has 0 saturated heterocycles. The van der Waals surface area contributed by atoms with E-state index in [1.165, 1.54) is 6.07 Å². The van der Waals surface area contributed by atoms with Crippen molar-refractivity contribution < 1.29 is 18.3 Å². The zero-order chi connectivity index (χ0) is 15.6. The largest absolute Gasteiger partial charge is 0.478 e. The fourth-order valence-electron chi connectivity index (χ4n) is 1.76. The van der Waals surface area contributed by atoms with Crippen LogP contribution in [-0.2, 0) is 16.6 Å². The van der Waals surface area contributed by atoms with Crippen LogP contribution in [0.25, 0.3) is 0 Å². The van der Waals surface area contributed by atoms with Gasteiger partial charge in [-0.1, -0.05) is 15.9 Å². The molecular weight excluding hydrogens is 360 g/mol. The van der Waals surface area contributed by atoms with E-state index in [2.05, 4.69) is 25.6 Å². The number of hydrogen-bond donors (Lipinski definition) is 3. The number of nitrogens with one attached hydrogen (secondary N) is 2. The van der Waals surface area contributed by atoms with Crippen molar-refractivity contribution in [2.75, 3.05) is 0 Å². The summed E-state index contributed by atoms with van der Waals surface area (Å²) in [7, 11) is -3.79. The Hall–Kier alpha value is -1.64. The number of sulfonamides is 1. The fraction of sp³-hybridized carbons (Fsp3) is 0.154. The number of aromatic carboxylic acids is 1. The number of carboxylic acid groups (broad SMARTS) is 1. The monoisotopic (exact) mass is 372 g/mol. The van der Waals surface area contributed by atoms with E-state index < -0.39 is 16.0 Å². The molecule has 0 aliphatic heterocycles. The zero-order valence-corrected chi connectivity index (χ0v) is 13.5. The lowest BCUT2D eigenvalue weighted by molar-refractivity contribution is 0.0695. The molecule has 3 N–H and O–H groups in total. The van der Waals surface area contributed by atoms with Crippen LogP contribution in [0.15, 0.2) is 40.0 Å². The minimum absolute atomic E-state index is 0.0496. The third-order valence-electron chi connectivity index (χ3n) is 2.99. The number of benzene rings is 1. The number of rotatable bonds is 5. The van der Waals surface area contributed by atoms with Crippen molar-refractivity contribution in [2.24, 2.45) is 0 Å². The lowest BCUT2D eigenvalue weighted by atomic mass is 10.1. The molecule has 21 heavy (non-hydrogen) atoms. The van der Waals surface area contributed by atoms with Crippen LogP contribution in [0.4, 0.5) is 0 Å². The van der Waals surface area contributed by atoms with E-state index in [-0.39, 0.29) is 17.0 Å². The molecule has 0 aliphatic rings. The standard InChI is InChI=1S/C13H13BrN2O4S/c1-8-11(13(17)18)4-10(5-12(8)14)21(19,20)16-7-9-2-3-15-6-9/h2-6,15-16H,7H2,1H3,(H,17,18). The van der Waals surface area contributed by atoms with Crippen LogP contribution in [-0.4, -0.2) is 24.5 Å². The van der Waals surface area contributed by atoms with E-state index in [0.717, 1.165) is 11.6 Å². The fourth-order valence-corrected chi connectivity index (χ4v) is 3.44. The van der Waals surface area contributed by atoms with Crippen molar-refractivity contribution in [3.63, 3.8) is 0 Å². The molecule has 6 nitrogen and oxygen atoms in total. The second kappa shape index (κ2) is 6.00. The predicted molar refractivity (Wildman–Crippen MR) is 80.7 cm³/mol. The first kappa shape index (κ1) is 15.7. The molecule has 0 fully saturated rings. The number of H-pyrrole nitrogens is 1. The maximum atomic E-state index is 12.2. The zero-order valence-electron chi connectivity index (χ0n) is 11.1. The van der Waals surface area contributed by atoms with E-state index in [0.29, 0.717) is 10.0 Å². The van der Waals surface area contributed by atoms with Crippen molar-refractivity contribution >= 4 is 31.9 Å². The highest BCUT2D eigenvalue weighted by Gasteiger charge is 2.19. The average Bonchev–Trinajstić information content (AvgIpc) is 2.92. The lowest BCUT2D eigenvalue weighted by Crippen LogP contribution is -2.23. The SMILES string of the molecule is Cc1c(Br)cc(S(=O)(=O)NCc2cc[nH]c2)cc1C(=O)O. The lowest BCUT2D eigenvalue weighted by Gasteiger charge is -2.10. The van der Waals surface area contributed by atoms with Gasteiger partial charge in [0.2, 0.25) is 10.0 Å².